The smallest absolute Gasteiger partial charge is 0.348 e. The molecular weight excluding hydrogens is 412 g/mol. The number of benzene rings is 2. The summed E-state index contributed by atoms with van der Waals surface area (Å²) in [5.41, 5.74) is 0.510. The van der Waals surface area contributed by atoms with Crippen LogP contribution in [-0.4, -0.2) is 53.3 Å². The largest absolute Gasteiger partial charge is 0.454 e. The van der Waals surface area contributed by atoms with Gasteiger partial charge < -0.3 is 14.3 Å². The summed E-state index contributed by atoms with van der Waals surface area (Å²) in [7, 11) is 2.24. The van der Waals surface area contributed by atoms with Gasteiger partial charge in [-0.25, -0.2) is 4.79 Å². The summed E-state index contributed by atoms with van der Waals surface area (Å²) in [5.74, 6) is -0.602. The molecular formula is C28H33N2O3+. The van der Waals surface area contributed by atoms with Crippen molar-refractivity contribution >= 4 is 5.97 Å². The Balaban J connectivity index is 1.44. The molecule has 33 heavy (non-hydrogen) atoms. The first-order chi connectivity index (χ1) is 16.0. The van der Waals surface area contributed by atoms with Crippen molar-refractivity contribution in [3.8, 4) is 0 Å². The first kappa shape index (κ1) is 23.1. The highest BCUT2D eigenvalue weighted by atomic mass is 16.6. The summed E-state index contributed by atoms with van der Waals surface area (Å²) >= 11 is 0. The zero-order valence-corrected chi connectivity index (χ0v) is 19.3. The van der Waals surface area contributed by atoms with E-state index < -0.39 is 11.6 Å². The van der Waals surface area contributed by atoms with E-state index in [-0.39, 0.29) is 6.10 Å². The fourth-order valence-electron chi connectivity index (χ4n) is 4.89. The van der Waals surface area contributed by atoms with Crippen LogP contribution in [0, 0.1) is 0 Å². The van der Waals surface area contributed by atoms with Gasteiger partial charge in [0.05, 0.1) is 20.1 Å². The van der Waals surface area contributed by atoms with Crippen LogP contribution in [0.5, 0.6) is 0 Å². The SMILES string of the molecule is C[N@@+]1(CCCc2ccncc2)CCCC(OC(=O)C(O)(c2ccccc2)c2ccccc2)C1. The number of likely N-dealkylation sites (N-methyl/N-ethyl adjacent to an activating group) is 1. The Morgan fingerprint density at radius 2 is 1.64 bits per heavy atom. The van der Waals surface area contributed by atoms with Gasteiger partial charge in [0, 0.05) is 25.2 Å². The molecule has 5 heteroatoms. The van der Waals surface area contributed by atoms with Crippen molar-refractivity contribution in [3.05, 3.63) is 102 Å². The molecule has 5 nitrogen and oxygen atoms in total. The monoisotopic (exact) mass is 445 g/mol. The van der Waals surface area contributed by atoms with Gasteiger partial charge in [-0.1, -0.05) is 60.7 Å². The molecule has 0 aliphatic carbocycles. The Kier molecular flexibility index (Phi) is 7.21. The Labute approximate surface area is 196 Å². The fraction of sp³-hybridized carbons (Fsp3) is 0.357. The molecule has 0 amide bonds. The van der Waals surface area contributed by atoms with Gasteiger partial charge in [-0.15, -0.1) is 0 Å². The van der Waals surface area contributed by atoms with Crippen molar-refractivity contribution in [1.29, 1.82) is 0 Å². The number of hydrogen-bond donors (Lipinski definition) is 1. The normalized spacial score (nSPS) is 20.8. The number of nitrogens with zero attached hydrogens (tertiary/aromatic N) is 2. The van der Waals surface area contributed by atoms with E-state index in [2.05, 4.69) is 24.2 Å². The third-order valence-corrected chi connectivity index (χ3v) is 6.73. The summed E-state index contributed by atoms with van der Waals surface area (Å²) < 4.78 is 6.89. The zero-order chi connectivity index (χ0) is 23.2. The molecule has 0 spiro atoms. The highest BCUT2D eigenvalue weighted by molar-refractivity contribution is 5.85. The van der Waals surface area contributed by atoms with Crippen LogP contribution < -0.4 is 0 Å². The van der Waals surface area contributed by atoms with E-state index in [1.165, 1.54) is 5.56 Å². The average molecular weight is 446 g/mol. The van der Waals surface area contributed by atoms with E-state index in [1.807, 2.05) is 48.8 Å². The highest BCUT2D eigenvalue weighted by Gasteiger charge is 2.44. The van der Waals surface area contributed by atoms with E-state index in [9.17, 15) is 9.90 Å². The molecule has 172 valence electrons. The first-order valence-electron chi connectivity index (χ1n) is 11.8. The number of pyridine rings is 1. The second-order valence-electron chi connectivity index (χ2n) is 9.32. The molecule has 1 unspecified atom stereocenters. The van der Waals surface area contributed by atoms with Gasteiger partial charge in [-0.3, -0.25) is 4.98 Å². The molecule has 4 rings (SSSR count). The molecule has 1 fully saturated rings. The molecule has 0 bridgehead atoms. The lowest BCUT2D eigenvalue weighted by atomic mass is 9.86. The van der Waals surface area contributed by atoms with Gasteiger partial charge in [0.1, 0.15) is 6.54 Å². The molecule has 2 heterocycles. The van der Waals surface area contributed by atoms with Gasteiger partial charge in [0.25, 0.3) is 0 Å². The van der Waals surface area contributed by atoms with Crippen molar-refractivity contribution in [3.63, 3.8) is 0 Å². The number of piperidine rings is 1. The van der Waals surface area contributed by atoms with E-state index in [0.717, 1.165) is 49.8 Å². The maximum Gasteiger partial charge on any atom is 0.348 e. The van der Waals surface area contributed by atoms with Crippen molar-refractivity contribution in [2.75, 3.05) is 26.7 Å². The van der Waals surface area contributed by atoms with E-state index in [0.29, 0.717) is 11.1 Å². The minimum Gasteiger partial charge on any atom is -0.454 e. The molecule has 1 aromatic heterocycles. The molecule has 2 atom stereocenters. The van der Waals surface area contributed by atoms with Crippen LogP contribution >= 0.6 is 0 Å². The van der Waals surface area contributed by atoms with E-state index in [4.69, 9.17) is 4.74 Å². The predicted octanol–water partition coefficient (Wildman–Crippen LogP) is 4.10. The molecule has 0 saturated carbocycles. The van der Waals surface area contributed by atoms with E-state index in [1.54, 1.807) is 24.3 Å². The number of quaternary nitrogens is 1. The van der Waals surface area contributed by atoms with Crippen molar-refractivity contribution < 1.29 is 19.1 Å². The maximum atomic E-state index is 13.5. The minimum atomic E-state index is -1.83. The highest BCUT2D eigenvalue weighted by Crippen LogP contribution is 2.32. The predicted molar refractivity (Wildman–Crippen MR) is 128 cm³/mol. The standard InChI is InChI=1S/C28H33N2O3/c1-30(20-8-10-23-16-18-29-19-17-23)21-9-15-26(22-30)33-27(31)28(32,24-11-4-2-5-12-24)25-13-6-3-7-14-25/h2-7,11-14,16-19,26,32H,8-10,15,20-22H2,1H3/q+1/t26?,30-/m1/s1. The molecule has 2 aromatic carbocycles. The lowest BCUT2D eigenvalue weighted by Crippen LogP contribution is -2.55. The Morgan fingerprint density at radius 1 is 1.03 bits per heavy atom. The summed E-state index contributed by atoms with van der Waals surface area (Å²) in [6.07, 6.45) is 7.37. The molecule has 0 radical (unpaired) electrons. The number of aryl methyl sites for hydroxylation is 1. The summed E-state index contributed by atoms with van der Waals surface area (Å²) in [5, 5.41) is 11.7. The van der Waals surface area contributed by atoms with Crippen LogP contribution in [0.3, 0.4) is 0 Å². The van der Waals surface area contributed by atoms with Gasteiger partial charge in [0.2, 0.25) is 5.60 Å². The van der Waals surface area contributed by atoms with Crippen molar-refractivity contribution in [2.24, 2.45) is 0 Å². The number of esters is 1. The number of aromatic nitrogens is 1. The fourth-order valence-corrected chi connectivity index (χ4v) is 4.89. The van der Waals surface area contributed by atoms with Crippen molar-refractivity contribution in [1.82, 2.24) is 4.98 Å². The lowest BCUT2D eigenvalue weighted by Gasteiger charge is -2.41. The third kappa shape index (κ3) is 5.49. The van der Waals surface area contributed by atoms with Crippen molar-refractivity contribution in [2.45, 2.75) is 37.4 Å². The second kappa shape index (κ2) is 10.3. The maximum absolute atomic E-state index is 13.5. The molecule has 3 aromatic rings. The van der Waals surface area contributed by atoms with Crippen LogP contribution in [0.1, 0.15) is 36.0 Å². The van der Waals surface area contributed by atoms with Gasteiger partial charge in [0.15, 0.2) is 6.10 Å². The third-order valence-electron chi connectivity index (χ3n) is 6.73. The number of carbonyl (C=O) groups is 1. The van der Waals surface area contributed by atoms with Crippen LogP contribution in [-0.2, 0) is 21.6 Å². The number of aliphatic hydroxyl groups is 1. The quantitative estimate of drug-likeness (QED) is 0.419. The second-order valence-corrected chi connectivity index (χ2v) is 9.32. The van der Waals surface area contributed by atoms with Crippen LogP contribution in [0.15, 0.2) is 85.2 Å². The van der Waals surface area contributed by atoms with E-state index >= 15 is 0 Å². The minimum absolute atomic E-state index is 0.212. The molecule has 1 aliphatic heterocycles. The van der Waals surface area contributed by atoms with Gasteiger partial charge in [-0.05, 0) is 41.7 Å². The Morgan fingerprint density at radius 3 is 2.24 bits per heavy atom. The topological polar surface area (TPSA) is 59.4 Å². The zero-order valence-electron chi connectivity index (χ0n) is 19.3. The Bertz CT molecular complexity index is 987. The Hall–Kier alpha value is -3.02. The van der Waals surface area contributed by atoms with Gasteiger partial charge >= 0.3 is 5.97 Å². The molecule has 1 aliphatic rings. The number of rotatable bonds is 8. The molecule has 1 saturated heterocycles. The summed E-state index contributed by atoms with van der Waals surface area (Å²) in [4.78, 5) is 17.5. The van der Waals surface area contributed by atoms with Crippen LogP contribution in [0.25, 0.3) is 0 Å². The number of ether oxygens (including phenoxy) is 1. The number of likely N-dealkylation sites (tertiary alicyclic amines) is 1. The summed E-state index contributed by atoms with van der Waals surface area (Å²) in [6.45, 7) is 2.87. The number of hydrogen-bond acceptors (Lipinski definition) is 4. The average Bonchev–Trinajstić information content (AvgIpc) is 2.85. The molecule has 1 N–H and O–H groups in total. The number of carbonyl (C=O) groups excluding carboxylic acids is 1. The van der Waals surface area contributed by atoms with Gasteiger partial charge in [-0.2, -0.15) is 0 Å². The lowest BCUT2D eigenvalue weighted by molar-refractivity contribution is -0.917. The summed E-state index contributed by atoms with van der Waals surface area (Å²) in [6, 6.07) is 22.3. The first-order valence-corrected chi connectivity index (χ1v) is 11.8. The van der Waals surface area contributed by atoms with Crippen LogP contribution in [0.2, 0.25) is 0 Å². The van der Waals surface area contributed by atoms with Crippen LogP contribution in [0.4, 0.5) is 0 Å².